The van der Waals surface area contributed by atoms with Gasteiger partial charge in [0.15, 0.2) is 24.4 Å². The number of benzene rings is 8. The van der Waals surface area contributed by atoms with E-state index in [1.165, 1.54) is 89.0 Å². The lowest BCUT2D eigenvalue weighted by atomic mass is 9.87. The molecule has 8 aromatic rings. The zero-order chi connectivity index (χ0) is 92.0. The summed E-state index contributed by atoms with van der Waals surface area (Å²) in [6, 6.07) is 66.0. The van der Waals surface area contributed by atoms with Crippen molar-refractivity contribution >= 4 is 47.8 Å². The molecule has 0 amide bonds. The van der Waals surface area contributed by atoms with Crippen molar-refractivity contribution in [3.8, 4) is 0 Å². The van der Waals surface area contributed by atoms with Crippen molar-refractivity contribution in [1.29, 1.82) is 0 Å². The summed E-state index contributed by atoms with van der Waals surface area (Å²) in [5.74, 6) is -6.42. The summed E-state index contributed by atoms with van der Waals surface area (Å²) < 4.78 is 70.2. The van der Waals surface area contributed by atoms with E-state index in [0.29, 0.717) is 18.1 Å². The largest absolute Gasteiger partial charge is 0.545 e. The van der Waals surface area contributed by atoms with E-state index in [1.807, 2.05) is 120 Å². The van der Waals surface area contributed by atoms with Gasteiger partial charge in [0.1, 0.15) is 67.0 Å². The average molecular weight is 1760 g/mol. The minimum Gasteiger partial charge on any atom is -0.545 e. The van der Waals surface area contributed by atoms with Crippen LogP contribution in [0.3, 0.4) is 0 Å². The van der Waals surface area contributed by atoms with Crippen molar-refractivity contribution in [1.82, 2.24) is 0 Å². The number of nitrogens with two attached hydrogens (primary N) is 1. The molecule has 16 heterocycles. The first-order valence-electron chi connectivity index (χ1n) is 43.9. The molecule has 12 N–H and O–H groups in total. The number of ether oxygens (including phenoxy) is 12. The molecule has 128 heavy (non-hydrogen) atoms. The molecule has 16 aliphatic heterocycles. The summed E-state index contributed by atoms with van der Waals surface area (Å²) in [6.07, 6.45) is -3.49. The lowest BCUT2D eigenvalue weighted by molar-refractivity contribution is -0.420. The standard InChI is InChI=1S/4C17H18O6.4C8H11N/c4*1-7-11-8(2)13-15(14(21-11)12(7)22-13)23-17(20)10-6-4-3-5-9(10)16(18)19;4*1-7(9)8-5-3-2-4-6-8/h4*3-8,11-15H,1-2H3,(H,18,19);4*2-7H,9H2,1H3/t4*7-,8+,11+,12+,13-,14?,15-;4*7-/m10001000/s1. The highest BCUT2D eigenvalue weighted by Crippen LogP contribution is 2.55. The summed E-state index contributed by atoms with van der Waals surface area (Å²) in [5.41, 5.74) is 21.9. The Kier molecular flexibility index (Phi) is 30.5. The van der Waals surface area contributed by atoms with Gasteiger partial charge in [-0.3, -0.25) is 0 Å². The third-order valence-corrected chi connectivity index (χ3v) is 26.6. The van der Waals surface area contributed by atoms with Crippen LogP contribution in [0.15, 0.2) is 218 Å². The number of carboxylic acids is 4. The van der Waals surface area contributed by atoms with Gasteiger partial charge in [-0.05, 0) is 63.6 Å². The van der Waals surface area contributed by atoms with E-state index in [2.05, 4.69) is 102 Å². The fraction of sp³-hybridized carbons (Fsp3) is 0.440. The quantitative estimate of drug-likeness (QED) is 0.0459. The van der Waals surface area contributed by atoms with E-state index in [1.54, 1.807) is 30.3 Å². The number of carbonyl (C=O) groups excluding carboxylic acids is 7. The zero-order valence-corrected chi connectivity index (χ0v) is 73.8. The van der Waals surface area contributed by atoms with Gasteiger partial charge in [-0.25, -0.2) is 24.0 Å². The molecule has 0 spiro atoms. The number of aromatic carboxylic acids is 4. The van der Waals surface area contributed by atoms with E-state index >= 15 is 0 Å². The van der Waals surface area contributed by atoms with E-state index in [-0.39, 0.29) is 196 Å². The minimum absolute atomic E-state index is 0.00878. The fourth-order valence-electron chi connectivity index (χ4n) is 19.7. The molecule has 16 aliphatic rings. The smallest absolute Gasteiger partial charge is 0.339 e. The Hall–Kier alpha value is -11.0. The van der Waals surface area contributed by atoms with Crippen LogP contribution >= 0.6 is 0 Å². The molecule has 4 unspecified atom stereocenters. The first kappa shape index (κ1) is 94.6. The Labute approximate surface area is 744 Å². The van der Waals surface area contributed by atoms with Crippen molar-refractivity contribution in [2.75, 3.05) is 0 Å². The van der Waals surface area contributed by atoms with Crippen molar-refractivity contribution < 1.29 is 133 Å². The summed E-state index contributed by atoms with van der Waals surface area (Å²) in [4.78, 5) is 94.5. The number of hydrogen-bond donors (Lipinski definition) is 5. The van der Waals surface area contributed by atoms with Crippen molar-refractivity contribution in [2.45, 2.75) is 229 Å². The second kappa shape index (κ2) is 41.2. The molecule has 24 rings (SSSR count). The maximum atomic E-state index is 12.5. The lowest BCUT2D eigenvalue weighted by Crippen LogP contribution is -2.51. The topological polar surface area (TPSA) is 446 Å². The fourth-order valence-corrected chi connectivity index (χ4v) is 19.7. The minimum atomic E-state index is -1.40. The Balaban J connectivity index is 0.000000129. The molecule has 28 heteroatoms. The van der Waals surface area contributed by atoms with Crippen LogP contribution < -0.4 is 38.3 Å². The highest BCUT2D eigenvalue weighted by Gasteiger charge is 2.69. The van der Waals surface area contributed by atoms with Gasteiger partial charge >= 0.3 is 29.8 Å². The van der Waals surface area contributed by atoms with Gasteiger partial charge in [0.25, 0.3) is 0 Å². The third kappa shape index (κ3) is 20.1. The predicted octanol–water partition coefficient (Wildman–Crippen LogP) is 7.59. The van der Waals surface area contributed by atoms with Gasteiger partial charge in [0, 0.05) is 86.8 Å². The molecule has 0 aliphatic carbocycles. The Bertz CT molecular complexity index is 4530. The predicted molar refractivity (Wildman–Crippen MR) is 457 cm³/mol. The van der Waals surface area contributed by atoms with Gasteiger partial charge in [0.2, 0.25) is 0 Å². The van der Waals surface area contributed by atoms with Crippen molar-refractivity contribution in [3.05, 3.63) is 285 Å². The number of hydrogen-bond acceptors (Lipinski definition) is 24. The highest BCUT2D eigenvalue weighted by molar-refractivity contribution is 6.04. The molecule has 680 valence electrons. The molecule has 0 saturated carbocycles. The number of quaternary nitrogens is 3. The molecule has 16 saturated heterocycles. The van der Waals surface area contributed by atoms with E-state index in [9.17, 15) is 58.8 Å². The third-order valence-electron chi connectivity index (χ3n) is 26.6. The van der Waals surface area contributed by atoms with Crippen LogP contribution in [0.1, 0.15) is 212 Å². The molecule has 8 aromatic carbocycles. The van der Waals surface area contributed by atoms with E-state index in [0.717, 1.165) is 0 Å². The van der Waals surface area contributed by atoms with Gasteiger partial charge in [-0.2, -0.15) is 0 Å². The van der Waals surface area contributed by atoms with Crippen LogP contribution in [-0.2, 0) is 56.8 Å². The summed E-state index contributed by atoms with van der Waals surface area (Å²) >= 11 is 0. The molecule has 0 aromatic heterocycles. The maximum absolute atomic E-state index is 12.5. The molecule has 28 nitrogen and oxygen atoms in total. The van der Waals surface area contributed by atoms with Gasteiger partial charge in [-0.15, -0.1) is 0 Å². The zero-order valence-electron chi connectivity index (χ0n) is 73.8. The Morgan fingerprint density at radius 1 is 0.266 bits per heavy atom. The van der Waals surface area contributed by atoms with E-state index < -0.39 is 72.2 Å². The van der Waals surface area contributed by atoms with Crippen LogP contribution in [0.4, 0.5) is 0 Å². The number of rotatable bonds is 16. The van der Waals surface area contributed by atoms with Crippen LogP contribution in [0.2, 0.25) is 0 Å². The Morgan fingerprint density at radius 3 is 0.617 bits per heavy atom. The van der Waals surface area contributed by atoms with Crippen LogP contribution in [0, 0.1) is 47.3 Å². The second-order valence-corrected chi connectivity index (χ2v) is 35.4. The summed E-state index contributed by atoms with van der Waals surface area (Å²) in [7, 11) is 0. The van der Waals surface area contributed by atoms with Gasteiger partial charge in [0.05, 0.1) is 94.6 Å². The van der Waals surface area contributed by atoms with E-state index in [4.69, 9.17) is 62.6 Å². The van der Waals surface area contributed by atoms with Crippen LogP contribution in [-0.4, -0.2) is 175 Å². The number of carbonyl (C=O) groups is 8. The first-order valence-corrected chi connectivity index (χ1v) is 43.9. The molecule has 32 atom stereocenters. The molecule has 16 fully saturated rings. The average Bonchev–Trinajstić information content (AvgIpc) is 1.58. The molecule has 0 radical (unpaired) electrons. The first-order chi connectivity index (χ1) is 61.2. The monoisotopic (exact) mass is 1760 g/mol. The van der Waals surface area contributed by atoms with Crippen LogP contribution in [0.5, 0.6) is 0 Å². The molecular formula is C100H116N4O24. The van der Waals surface area contributed by atoms with Gasteiger partial charge < -0.3 is 115 Å². The van der Waals surface area contributed by atoms with Crippen LogP contribution in [0.25, 0.3) is 0 Å². The van der Waals surface area contributed by atoms with Crippen molar-refractivity contribution in [3.63, 3.8) is 0 Å². The molecular weight excluding hydrogens is 1640 g/mol. The highest BCUT2D eigenvalue weighted by atomic mass is 16.7. The summed E-state index contributed by atoms with van der Waals surface area (Å²) in [6.45, 7) is 24.7. The number of esters is 4. The number of carboxylic acid groups (broad SMARTS) is 4. The maximum Gasteiger partial charge on any atom is 0.339 e. The Morgan fingerprint density at radius 2 is 0.438 bits per heavy atom. The lowest BCUT2D eigenvalue weighted by Gasteiger charge is -2.38. The normalized spacial score (nSPS) is 32.7. The second-order valence-electron chi connectivity index (χ2n) is 35.4. The summed E-state index contributed by atoms with van der Waals surface area (Å²) in [5, 5.41) is 42.6. The van der Waals surface area contributed by atoms with Crippen molar-refractivity contribution in [2.24, 2.45) is 53.1 Å². The SMILES string of the molecule is C[C@@H]([NH3+])c1ccccc1.C[C@@H]1[C@@H]2OC3[C@@H](OC(=O)c4ccccc4C(=O)O)[C@H]1O[C@@H]3[C@H]2C.C[C@@H]1[C@@H]2OC3[C@@H](OC(=O)c4ccccc4C(=O)[O-])[C@H]1O[C@@H]3[C@H]2C.C[C@@H]1[C@@H]2OC3[C@@H](OC(=O)c4ccccc4C(=O)[O-])[C@H]1O[C@@H]3[C@H]2C.C[C@@H]1[C@@H]2OC3[C@H]1O[C@H]([C@H]2C)[C@H]3OC(=O)c1ccccc1C(=O)[O-].C[C@H](N)c1ccccc1.C[C@H]([NH3+])c1ccccc1.C[C@H]([NH3+])c1ccccc1. The van der Waals surface area contributed by atoms with Gasteiger partial charge in [-0.1, -0.05) is 243 Å². The molecule has 16 bridgehead atoms.